The number of ether oxygens (including phenoxy) is 1. The Bertz CT molecular complexity index is 1460. The summed E-state index contributed by atoms with van der Waals surface area (Å²) in [6, 6.07) is 3.84. The Hall–Kier alpha value is -3.53. The van der Waals surface area contributed by atoms with Crippen molar-refractivity contribution < 1.29 is 27.2 Å². The van der Waals surface area contributed by atoms with E-state index in [1.807, 2.05) is 25.9 Å². The van der Waals surface area contributed by atoms with Gasteiger partial charge in [-0.15, -0.1) is 0 Å². The molecule has 38 heavy (non-hydrogen) atoms. The number of carbonyl (C=O) groups is 1. The number of nitrogens with one attached hydrogen (secondary N) is 2. The van der Waals surface area contributed by atoms with Crippen molar-refractivity contribution >= 4 is 38.5 Å². The summed E-state index contributed by atoms with van der Waals surface area (Å²) in [5, 5.41) is 6.60. The number of hydrogen-bond acceptors (Lipinski definition) is 8. The number of fused-ring (bicyclic) bond motifs is 1. The molecule has 1 saturated heterocycles. The van der Waals surface area contributed by atoms with Crippen molar-refractivity contribution in [2.45, 2.75) is 39.7 Å². The molecule has 1 aromatic carbocycles. The third-order valence-corrected chi connectivity index (χ3v) is 8.52. The maximum atomic E-state index is 13.6. The first-order valence-corrected chi connectivity index (χ1v) is 14.4. The Morgan fingerprint density at radius 1 is 1.32 bits per heavy atom. The molecule has 2 aromatic rings. The molecule has 4 rings (SSSR count). The SMILES string of the molecule is CCN(c1cc2occc2c(C(=O)NCC2=C(OC)C=C(C)NC2=C=O)c1C)C1CCN(S(C)(=O)=O)CC1. The Balaban J connectivity index is 1.65. The van der Waals surface area contributed by atoms with Gasteiger partial charge in [0.1, 0.15) is 17.0 Å². The van der Waals surface area contributed by atoms with E-state index in [9.17, 15) is 18.0 Å². The van der Waals surface area contributed by atoms with Gasteiger partial charge in [0.2, 0.25) is 10.0 Å². The second-order valence-electron chi connectivity index (χ2n) is 9.57. The number of sulfonamides is 1. The molecule has 0 atom stereocenters. The molecule has 0 bridgehead atoms. The summed E-state index contributed by atoms with van der Waals surface area (Å²) in [6.45, 7) is 7.44. The number of rotatable bonds is 8. The van der Waals surface area contributed by atoms with Crippen LogP contribution in [0.4, 0.5) is 5.69 Å². The molecule has 11 heteroatoms. The van der Waals surface area contributed by atoms with Gasteiger partial charge in [-0.25, -0.2) is 17.5 Å². The zero-order chi connectivity index (χ0) is 27.6. The Morgan fingerprint density at radius 3 is 2.63 bits per heavy atom. The van der Waals surface area contributed by atoms with Crippen molar-refractivity contribution in [2.75, 3.05) is 44.4 Å². The van der Waals surface area contributed by atoms with Crippen molar-refractivity contribution in [3.63, 3.8) is 0 Å². The highest BCUT2D eigenvalue weighted by molar-refractivity contribution is 7.88. The van der Waals surface area contributed by atoms with Gasteiger partial charge in [-0.05, 0) is 51.3 Å². The van der Waals surface area contributed by atoms with Gasteiger partial charge in [-0.1, -0.05) is 0 Å². The number of nitrogens with zero attached hydrogens (tertiary/aromatic N) is 2. The van der Waals surface area contributed by atoms with Crippen molar-refractivity contribution in [3.05, 3.63) is 58.3 Å². The standard InChI is InChI=1S/C27H34N4O6S/c1-6-31(19-7-10-30(11-8-19)38(5,34)35)23-14-25-20(9-12-37-25)26(18(23)3)27(33)28-15-21-22(16-32)29-17(2)13-24(21)36-4/h9,12-14,19,29H,6-8,10-11,15H2,1-5H3,(H,28,33). The molecule has 0 unspecified atom stereocenters. The number of dihydropyridines is 1. The lowest BCUT2D eigenvalue weighted by molar-refractivity contribution is 0.0957. The van der Waals surface area contributed by atoms with Crippen LogP contribution in [-0.2, 0) is 19.6 Å². The van der Waals surface area contributed by atoms with E-state index in [1.54, 1.807) is 25.3 Å². The van der Waals surface area contributed by atoms with Gasteiger partial charge in [-0.3, -0.25) is 4.79 Å². The summed E-state index contributed by atoms with van der Waals surface area (Å²) in [5.74, 6) is 2.07. The van der Waals surface area contributed by atoms with Crippen LogP contribution in [0.3, 0.4) is 0 Å². The van der Waals surface area contributed by atoms with Crippen molar-refractivity contribution in [1.29, 1.82) is 0 Å². The van der Waals surface area contributed by atoms with E-state index >= 15 is 0 Å². The van der Waals surface area contributed by atoms with Gasteiger partial charge in [-0.2, -0.15) is 0 Å². The van der Waals surface area contributed by atoms with Gasteiger partial charge in [0.25, 0.3) is 5.91 Å². The summed E-state index contributed by atoms with van der Waals surface area (Å²) in [4.78, 5) is 27.4. The van der Waals surface area contributed by atoms with Gasteiger partial charge in [0.05, 0.1) is 25.2 Å². The monoisotopic (exact) mass is 542 g/mol. The summed E-state index contributed by atoms with van der Waals surface area (Å²) in [7, 11) is -1.71. The molecule has 10 nitrogen and oxygen atoms in total. The zero-order valence-electron chi connectivity index (χ0n) is 22.4. The molecular weight excluding hydrogens is 508 g/mol. The second-order valence-corrected chi connectivity index (χ2v) is 11.5. The van der Waals surface area contributed by atoms with Gasteiger partial charge >= 0.3 is 0 Å². The van der Waals surface area contributed by atoms with Crippen LogP contribution in [0.2, 0.25) is 0 Å². The van der Waals surface area contributed by atoms with Crippen molar-refractivity contribution in [3.8, 4) is 0 Å². The van der Waals surface area contributed by atoms with Crippen LogP contribution in [0.25, 0.3) is 11.0 Å². The molecule has 2 aliphatic rings. The first kappa shape index (κ1) is 27.5. The van der Waals surface area contributed by atoms with Crippen LogP contribution >= 0.6 is 0 Å². The lowest BCUT2D eigenvalue weighted by Crippen LogP contribution is -2.46. The predicted octanol–water partition coefficient (Wildman–Crippen LogP) is 2.84. The Labute approximate surface area is 223 Å². The maximum Gasteiger partial charge on any atom is 0.252 e. The summed E-state index contributed by atoms with van der Waals surface area (Å²) in [5.41, 5.74) is 4.22. The second kappa shape index (κ2) is 11.1. The summed E-state index contributed by atoms with van der Waals surface area (Å²) < 4.78 is 36.6. The number of hydrogen-bond donors (Lipinski definition) is 2. The highest BCUT2D eigenvalue weighted by Gasteiger charge is 2.30. The average Bonchev–Trinajstić information content (AvgIpc) is 3.35. The highest BCUT2D eigenvalue weighted by Crippen LogP contribution is 2.35. The number of piperidine rings is 1. The van der Waals surface area contributed by atoms with Gasteiger partial charge < -0.3 is 24.7 Å². The molecule has 0 spiro atoms. The van der Waals surface area contributed by atoms with E-state index in [2.05, 4.69) is 15.5 Å². The first-order chi connectivity index (χ1) is 18.1. The van der Waals surface area contributed by atoms with Gasteiger partial charge in [0, 0.05) is 60.6 Å². The minimum absolute atomic E-state index is 0.0633. The summed E-state index contributed by atoms with van der Waals surface area (Å²) >= 11 is 0. The fourth-order valence-electron chi connectivity index (χ4n) is 5.32. The predicted molar refractivity (Wildman–Crippen MR) is 146 cm³/mol. The lowest BCUT2D eigenvalue weighted by atomic mass is 9.97. The van der Waals surface area contributed by atoms with E-state index < -0.39 is 10.0 Å². The minimum Gasteiger partial charge on any atom is -0.496 e. The molecule has 204 valence electrons. The van der Waals surface area contributed by atoms with E-state index in [4.69, 9.17) is 9.15 Å². The number of amides is 1. The van der Waals surface area contributed by atoms with E-state index in [0.717, 1.165) is 16.9 Å². The smallest absolute Gasteiger partial charge is 0.252 e. The lowest BCUT2D eigenvalue weighted by Gasteiger charge is -2.39. The molecular formula is C27H34N4O6S. The van der Waals surface area contributed by atoms with Crippen molar-refractivity contribution in [2.24, 2.45) is 0 Å². The maximum absolute atomic E-state index is 13.6. The summed E-state index contributed by atoms with van der Waals surface area (Å²) in [6.07, 6.45) is 5.93. The van der Waals surface area contributed by atoms with E-state index in [-0.39, 0.29) is 24.2 Å². The topological polar surface area (TPSA) is 121 Å². The Kier molecular flexibility index (Phi) is 8.01. The molecule has 1 fully saturated rings. The molecule has 1 aromatic heterocycles. The van der Waals surface area contributed by atoms with Crippen LogP contribution < -0.4 is 15.5 Å². The van der Waals surface area contributed by atoms with Crippen LogP contribution in [0, 0.1) is 6.92 Å². The third-order valence-electron chi connectivity index (χ3n) is 7.22. The first-order valence-electron chi connectivity index (χ1n) is 12.6. The molecule has 3 heterocycles. The van der Waals surface area contributed by atoms with E-state index in [0.29, 0.717) is 60.3 Å². The largest absolute Gasteiger partial charge is 0.496 e. The molecule has 2 aliphatic heterocycles. The normalized spacial score (nSPS) is 17.2. The molecule has 0 radical (unpaired) electrons. The molecule has 2 N–H and O–H groups in total. The molecule has 0 saturated carbocycles. The number of benzene rings is 1. The fourth-order valence-corrected chi connectivity index (χ4v) is 6.20. The van der Waals surface area contributed by atoms with Crippen LogP contribution in [0.5, 0.6) is 0 Å². The van der Waals surface area contributed by atoms with Crippen LogP contribution in [0.1, 0.15) is 42.6 Å². The molecule has 0 aliphatic carbocycles. The van der Waals surface area contributed by atoms with Crippen LogP contribution in [-0.4, -0.2) is 70.2 Å². The number of allylic oxidation sites excluding steroid dienone is 2. The number of anilines is 1. The number of carbonyl (C=O) groups excluding carboxylic acids is 2. The number of methoxy groups -OCH3 is 1. The fraction of sp³-hybridized carbons (Fsp3) is 0.444. The molecule has 1 amide bonds. The average molecular weight is 543 g/mol. The zero-order valence-corrected chi connectivity index (χ0v) is 23.2. The number of furan rings is 1. The Morgan fingerprint density at radius 2 is 2.03 bits per heavy atom. The van der Waals surface area contributed by atoms with Crippen molar-refractivity contribution in [1.82, 2.24) is 14.9 Å². The third kappa shape index (κ3) is 5.36. The highest BCUT2D eigenvalue weighted by atomic mass is 32.2. The minimum atomic E-state index is -3.22. The van der Waals surface area contributed by atoms with Crippen LogP contribution in [0.15, 0.2) is 51.6 Å². The van der Waals surface area contributed by atoms with Gasteiger partial charge in [0.15, 0.2) is 5.94 Å². The quantitative estimate of drug-likeness (QED) is 0.489. The van der Waals surface area contributed by atoms with E-state index in [1.165, 1.54) is 17.7 Å².